The van der Waals surface area contributed by atoms with Gasteiger partial charge in [-0.25, -0.2) is 0 Å². The minimum Gasteiger partial charge on any atom is -0.494 e. The van der Waals surface area contributed by atoms with Gasteiger partial charge in [-0.1, -0.05) is 13.8 Å². The summed E-state index contributed by atoms with van der Waals surface area (Å²) in [6.07, 6.45) is 4.15. The molecular weight excluding hydrogens is 408 g/mol. The van der Waals surface area contributed by atoms with Gasteiger partial charge in [0.2, 0.25) is 0 Å². The van der Waals surface area contributed by atoms with E-state index >= 15 is 0 Å². The van der Waals surface area contributed by atoms with E-state index in [1.165, 1.54) is 0 Å². The average Bonchev–Trinajstić information content (AvgIpc) is 2.79. The Morgan fingerprint density at radius 3 is 1.68 bits per heavy atom. The molecule has 2 N–H and O–H groups in total. The van der Waals surface area contributed by atoms with Crippen LogP contribution in [0.4, 0.5) is 0 Å². The Morgan fingerprint density at radius 2 is 1.23 bits per heavy atom. The SMILES string of the molecule is CCCNCCCOc1ccc2sc3ccc(OCCCNCCC)cc3c(=O)c2c1. The van der Waals surface area contributed by atoms with Crippen LogP contribution in [0.25, 0.3) is 20.2 Å². The molecule has 3 aromatic rings. The lowest BCUT2D eigenvalue weighted by Gasteiger charge is -2.09. The molecule has 0 radical (unpaired) electrons. The van der Waals surface area contributed by atoms with Gasteiger partial charge in [0.1, 0.15) is 11.5 Å². The van der Waals surface area contributed by atoms with Crippen molar-refractivity contribution in [1.82, 2.24) is 10.6 Å². The van der Waals surface area contributed by atoms with Crippen molar-refractivity contribution in [3.8, 4) is 11.5 Å². The highest BCUT2D eigenvalue weighted by molar-refractivity contribution is 7.24. The molecular formula is C25H34N2O3S. The normalized spacial score (nSPS) is 11.3. The summed E-state index contributed by atoms with van der Waals surface area (Å²) in [5.41, 5.74) is 0.0360. The van der Waals surface area contributed by atoms with Gasteiger partial charge in [0.25, 0.3) is 0 Å². The quantitative estimate of drug-likeness (QED) is 0.273. The van der Waals surface area contributed by atoms with Crippen molar-refractivity contribution >= 4 is 31.5 Å². The van der Waals surface area contributed by atoms with Crippen LogP contribution in [-0.4, -0.2) is 39.4 Å². The molecule has 5 nitrogen and oxygen atoms in total. The molecule has 0 fully saturated rings. The summed E-state index contributed by atoms with van der Waals surface area (Å²) in [7, 11) is 0. The molecule has 31 heavy (non-hydrogen) atoms. The van der Waals surface area contributed by atoms with Gasteiger partial charge in [0.15, 0.2) is 5.43 Å². The molecule has 0 saturated carbocycles. The second kappa shape index (κ2) is 12.6. The third kappa shape index (κ3) is 6.92. The molecule has 0 aliphatic carbocycles. The summed E-state index contributed by atoms with van der Waals surface area (Å²) >= 11 is 1.63. The maximum atomic E-state index is 13.2. The lowest BCUT2D eigenvalue weighted by atomic mass is 10.1. The van der Waals surface area contributed by atoms with E-state index in [-0.39, 0.29) is 5.43 Å². The van der Waals surface area contributed by atoms with Crippen LogP contribution < -0.4 is 25.5 Å². The predicted octanol–water partition coefficient (Wildman–Crippen LogP) is 4.95. The van der Waals surface area contributed by atoms with Crippen molar-refractivity contribution < 1.29 is 9.47 Å². The first-order chi connectivity index (χ1) is 15.2. The molecule has 168 valence electrons. The summed E-state index contributed by atoms with van der Waals surface area (Å²) in [5.74, 6) is 1.50. The van der Waals surface area contributed by atoms with Crippen LogP contribution in [0.5, 0.6) is 11.5 Å². The maximum absolute atomic E-state index is 13.2. The minimum atomic E-state index is 0.0360. The zero-order valence-corrected chi connectivity index (χ0v) is 19.5. The molecule has 0 aliphatic heterocycles. The molecule has 0 aliphatic rings. The second-order valence-corrected chi connectivity index (χ2v) is 8.73. The Bertz CT molecular complexity index is 942. The van der Waals surface area contributed by atoms with Crippen molar-refractivity contribution in [3.63, 3.8) is 0 Å². The zero-order valence-electron chi connectivity index (χ0n) is 18.7. The van der Waals surface area contributed by atoms with Crippen LogP contribution in [-0.2, 0) is 0 Å². The number of ether oxygens (including phenoxy) is 2. The van der Waals surface area contributed by atoms with Gasteiger partial charge < -0.3 is 20.1 Å². The zero-order chi connectivity index (χ0) is 21.9. The number of nitrogens with one attached hydrogen (secondary N) is 2. The number of rotatable bonds is 14. The highest BCUT2D eigenvalue weighted by Crippen LogP contribution is 2.29. The molecule has 0 amide bonds. The van der Waals surface area contributed by atoms with Gasteiger partial charge in [-0.3, -0.25) is 4.79 Å². The lowest BCUT2D eigenvalue weighted by molar-refractivity contribution is 0.308. The second-order valence-electron chi connectivity index (χ2n) is 7.65. The van der Waals surface area contributed by atoms with Crippen LogP contribution >= 0.6 is 11.3 Å². The van der Waals surface area contributed by atoms with Crippen LogP contribution in [0.15, 0.2) is 41.2 Å². The van der Waals surface area contributed by atoms with E-state index in [1.54, 1.807) is 11.3 Å². The molecule has 0 unspecified atom stereocenters. The fourth-order valence-corrected chi connectivity index (χ4v) is 4.40. The average molecular weight is 443 g/mol. The highest BCUT2D eigenvalue weighted by atomic mass is 32.1. The van der Waals surface area contributed by atoms with Crippen molar-refractivity contribution in [1.29, 1.82) is 0 Å². The van der Waals surface area contributed by atoms with Crippen molar-refractivity contribution in [2.75, 3.05) is 39.4 Å². The number of benzene rings is 2. The monoisotopic (exact) mass is 442 g/mol. The van der Waals surface area contributed by atoms with E-state index in [2.05, 4.69) is 24.5 Å². The van der Waals surface area contributed by atoms with Gasteiger partial charge in [-0.2, -0.15) is 0 Å². The molecule has 1 heterocycles. The third-order valence-electron chi connectivity index (χ3n) is 5.00. The van der Waals surface area contributed by atoms with Gasteiger partial charge in [-0.05, 0) is 88.3 Å². The van der Waals surface area contributed by atoms with Crippen LogP contribution in [0.3, 0.4) is 0 Å². The number of hydrogen-bond donors (Lipinski definition) is 2. The smallest absolute Gasteiger partial charge is 0.196 e. The van der Waals surface area contributed by atoms with Crippen molar-refractivity contribution in [3.05, 3.63) is 46.6 Å². The van der Waals surface area contributed by atoms with Crippen LogP contribution in [0, 0.1) is 0 Å². The standard InChI is InChI=1S/C25H34N2O3S/c1-3-11-26-13-5-15-29-19-7-9-23-21(17-19)25(28)22-18-20(8-10-24(22)31-23)30-16-6-14-27-12-4-2/h7-10,17-18,26-27H,3-6,11-16H2,1-2H3. The fraction of sp³-hybridized carbons (Fsp3) is 0.480. The molecule has 6 heteroatoms. The van der Waals surface area contributed by atoms with Crippen molar-refractivity contribution in [2.24, 2.45) is 0 Å². The van der Waals surface area contributed by atoms with Crippen LogP contribution in [0.1, 0.15) is 39.5 Å². The van der Waals surface area contributed by atoms with E-state index in [1.807, 2.05) is 36.4 Å². The Labute approximate surface area is 188 Å². The number of fused-ring (bicyclic) bond motifs is 2. The molecule has 0 atom stereocenters. The summed E-state index contributed by atoms with van der Waals surface area (Å²) in [6.45, 7) is 9.54. The first kappa shape index (κ1) is 23.5. The van der Waals surface area contributed by atoms with Gasteiger partial charge >= 0.3 is 0 Å². The third-order valence-corrected chi connectivity index (χ3v) is 6.15. The van der Waals surface area contributed by atoms with E-state index in [0.717, 1.165) is 72.8 Å². The molecule has 2 aromatic carbocycles. The largest absolute Gasteiger partial charge is 0.494 e. The topological polar surface area (TPSA) is 59.6 Å². The number of hydrogen-bond acceptors (Lipinski definition) is 6. The highest BCUT2D eigenvalue weighted by Gasteiger charge is 2.09. The summed E-state index contributed by atoms with van der Waals surface area (Å²) < 4.78 is 13.7. The van der Waals surface area contributed by atoms with E-state index in [4.69, 9.17) is 9.47 Å². The molecule has 3 rings (SSSR count). The van der Waals surface area contributed by atoms with Gasteiger partial charge in [0.05, 0.1) is 13.2 Å². The molecule has 0 bridgehead atoms. The van der Waals surface area contributed by atoms with E-state index in [9.17, 15) is 4.79 Å². The summed E-state index contributed by atoms with van der Waals surface area (Å²) in [4.78, 5) is 13.2. The Kier molecular flexibility index (Phi) is 9.59. The first-order valence-electron chi connectivity index (χ1n) is 11.4. The van der Waals surface area contributed by atoms with E-state index < -0.39 is 0 Å². The molecule has 0 saturated heterocycles. The summed E-state index contributed by atoms with van der Waals surface area (Å²) in [5, 5.41) is 8.15. The molecule has 0 spiro atoms. The Morgan fingerprint density at radius 1 is 0.742 bits per heavy atom. The first-order valence-corrected chi connectivity index (χ1v) is 12.2. The fourth-order valence-electron chi connectivity index (χ4n) is 3.37. The Hall–Kier alpha value is -2.15. The minimum absolute atomic E-state index is 0.0360. The van der Waals surface area contributed by atoms with Crippen LogP contribution in [0.2, 0.25) is 0 Å². The maximum Gasteiger partial charge on any atom is 0.196 e. The predicted molar refractivity (Wildman–Crippen MR) is 132 cm³/mol. The molecule has 1 aromatic heterocycles. The van der Waals surface area contributed by atoms with E-state index in [0.29, 0.717) is 24.0 Å². The lowest BCUT2D eigenvalue weighted by Crippen LogP contribution is -2.18. The summed E-state index contributed by atoms with van der Waals surface area (Å²) in [6, 6.07) is 11.6. The van der Waals surface area contributed by atoms with Crippen molar-refractivity contribution in [2.45, 2.75) is 39.5 Å². The Balaban J connectivity index is 1.67. The van der Waals surface area contributed by atoms with Gasteiger partial charge in [0, 0.05) is 20.2 Å². The van der Waals surface area contributed by atoms with Gasteiger partial charge in [-0.15, -0.1) is 11.3 Å².